The van der Waals surface area contributed by atoms with Crippen molar-refractivity contribution in [3.63, 3.8) is 0 Å². The third kappa shape index (κ3) is 1.60. The fourth-order valence-corrected chi connectivity index (χ4v) is 2.68. The molecule has 1 N–H and O–H groups in total. The van der Waals surface area contributed by atoms with Gasteiger partial charge in [0.2, 0.25) is 0 Å². The maximum Gasteiger partial charge on any atom is 0.125 e. The molecule has 0 spiro atoms. The highest BCUT2D eigenvalue weighted by molar-refractivity contribution is 5.85. The first kappa shape index (κ1) is 11.3. The molecule has 0 amide bonds. The van der Waals surface area contributed by atoms with E-state index in [0.29, 0.717) is 0 Å². The summed E-state index contributed by atoms with van der Waals surface area (Å²) in [5.74, 6) is -0.201. The number of halogens is 1. The SMILES string of the molecule is Cc1ccc2c(c1)-c1ccc(F)cc1NC2(C)C. The van der Waals surface area contributed by atoms with Crippen molar-refractivity contribution in [3.8, 4) is 11.1 Å². The third-order valence-corrected chi connectivity index (χ3v) is 3.57. The molecule has 2 aromatic rings. The Morgan fingerprint density at radius 2 is 1.78 bits per heavy atom. The van der Waals surface area contributed by atoms with Gasteiger partial charge >= 0.3 is 0 Å². The van der Waals surface area contributed by atoms with Crippen molar-refractivity contribution in [1.29, 1.82) is 0 Å². The van der Waals surface area contributed by atoms with Crippen LogP contribution in [0.25, 0.3) is 11.1 Å². The van der Waals surface area contributed by atoms with Crippen molar-refractivity contribution in [1.82, 2.24) is 0 Å². The number of rotatable bonds is 0. The summed E-state index contributed by atoms with van der Waals surface area (Å²) in [7, 11) is 0. The minimum Gasteiger partial charge on any atom is -0.375 e. The van der Waals surface area contributed by atoms with E-state index in [2.05, 4.69) is 44.3 Å². The van der Waals surface area contributed by atoms with Crippen LogP contribution >= 0.6 is 0 Å². The third-order valence-electron chi connectivity index (χ3n) is 3.57. The maximum atomic E-state index is 13.4. The summed E-state index contributed by atoms with van der Waals surface area (Å²) in [6, 6.07) is 11.4. The largest absolute Gasteiger partial charge is 0.375 e. The highest BCUT2D eigenvalue weighted by Crippen LogP contribution is 2.43. The molecule has 0 saturated heterocycles. The van der Waals surface area contributed by atoms with E-state index < -0.39 is 0 Å². The van der Waals surface area contributed by atoms with E-state index in [-0.39, 0.29) is 11.4 Å². The van der Waals surface area contributed by atoms with Gasteiger partial charge in [-0.05, 0) is 50.1 Å². The molecule has 1 aliphatic heterocycles. The maximum absolute atomic E-state index is 13.4. The number of anilines is 1. The van der Waals surface area contributed by atoms with E-state index in [4.69, 9.17) is 0 Å². The van der Waals surface area contributed by atoms with Crippen LogP contribution in [0.1, 0.15) is 25.0 Å². The van der Waals surface area contributed by atoms with Gasteiger partial charge in [0.25, 0.3) is 0 Å². The number of fused-ring (bicyclic) bond motifs is 3. The molecule has 18 heavy (non-hydrogen) atoms. The van der Waals surface area contributed by atoms with E-state index in [9.17, 15) is 4.39 Å². The number of hydrogen-bond donors (Lipinski definition) is 1. The second-order valence-corrected chi connectivity index (χ2v) is 5.49. The van der Waals surface area contributed by atoms with Gasteiger partial charge in [-0.1, -0.05) is 23.8 Å². The first-order valence-corrected chi connectivity index (χ1v) is 6.17. The molecular weight excluding hydrogens is 225 g/mol. The van der Waals surface area contributed by atoms with E-state index in [1.54, 1.807) is 6.07 Å². The topological polar surface area (TPSA) is 12.0 Å². The fourth-order valence-electron chi connectivity index (χ4n) is 2.68. The van der Waals surface area contributed by atoms with Crippen molar-refractivity contribution in [2.45, 2.75) is 26.3 Å². The molecule has 92 valence electrons. The Hall–Kier alpha value is -1.83. The molecule has 1 nitrogen and oxygen atoms in total. The predicted octanol–water partition coefficient (Wildman–Crippen LogP) is 4.46. The molecule has 1 aliphatic rings. The van der Waals surface area contributed by atoms with Crippen molar-refractivity contribution in [2.24, 2.45) is 0 Å². The minimum absolute atomic E-state index is 0.177. The number of aryl methyl sites for hydroxylation is 1. The number of hydrogen-bond acceptors (Lipinski definition) is 1. The van der Waals surface area contributed by atoms with Gasteiger partial charge in [-0.25, -0.2) is 4.39 Å². The quantitative estimate of drug-likeness (QED) is 0.718. The lowest BCUT2D eigenvalue weighted by atomic mass is 9.82. The smallest absolute Gasteiger partial charge is 0.125 e. The van der Waals surface area contributed by atoms with E-state index in [1.165, 1.54) is 22.8 Å². The van der Waals surface area contributed by atoms with E-state index in [0.717, 1.165) is 11.3 Å². The predicted molar refractivity (Wildman–Crippen MR) is 73.2 cm³/mol. The molecule has 0 saturated carbocycles. The molecule has 0 unspecified atom stereocenters. The summed E-state index contributed by atoms with van der Waals surface area (Å²) in [6.07, 6.45) is 0. The summed E-state index contributed by atoms with van der Waals surface area (Å²) in [4.78, 5) is 0. The summed E-state index contributed by atoms with van der Waals surface area (Å²) in [5, 5.41) is 3.41. The van der Waals surface area contributed by atoms with Crippen molar-refractivity contribution in [2.75, 3.05) is 5.32 Å². The van der Waals surface area contributed by atoms with Crippen LogP contribution in [0.2, 0.25) is 0 Å². The van der Waals surface area contributed by atoms with Crippen molar-refractivity contribution < 1.29 is 4.39 Å². The van der Waals surface area contributed by atoms with Gasteiger partial charge in [0.15, 0.2) is 0 Å². The average Bonchev–Trinajstić information content (AvgIpc) is 2.27. The molecule has 0 aromatic heterocycles. The zero-order valence-electron chi connectivity index (χ0n) is 10.8. The van der Waals surface area contributed by atoms with Gasteiger partial charge in [-0.15, -0.1) is 0 Å². The summed E-state index contributed by atoms with van der Waals surface area (Å²) in [5.41, 5.74) is 5.46. The van der Waals surface area contributed by atoms with Crippen molar-refractivity contribution in [3.05, 3.63) is 53.3 Å². The van der Waals surface area contributed by atoms with Crippen LogP contribution in [0.4, 0.5) is 10.1 Å². The zero-order valence-corrected chi connectivity index (χ0v) is 10.8. The molecule has 0 fully saturated rings. The van der Waals surface area contributed by atoms with Gasteiger partial charge in [-0.2, -0.15) is 0 Å². The van der Waals surface area contributed by atoms with Gasteiger partial charge in [0.1, 0.15) is 5.82 Å². The Morgan fingerprint density at radius 3 is 2.56 bits per heavy atom. The molecule has 3 rings (SSSR count). The normalized spacial score (nSPS) is 15.6. The lowest BCUT2D eigenvalue weighted by molar-refractivity contribution is 0.599. The molecule has 2 heteroatoms. The zero-order chi connectivity index (χ0) is 12.9. The number of nitrogens with one attached hydrogen (secondary N) is 1. The van der Waals surface area contributed by atoms with E-state index in [1.807, 2.05) is 6.07 Å². The Bertz CT molecular complexity index is 629. The average molecular weight is 241 g/mol. The molecule has 0 aliphatic carbocycles. The van der Waals surface area contributed by atoms with Gasteiger partial charge in [0, 0.05) is 11.3 Å². The Morgan fingerprint density at radius 1 is 1.00 bits per heavy atom. The van der Waals surface area contributed by atoms with Crippen LogP contribution in [-0.2, 0) is 5.54 Å². The second kappa shape index (κ2) is 3.58. The van der Waals surface area contributed by atoms with E-state index >= 15 is 0 Å². The van der Waals surface area contributed by atoms with Crippen LogP contribution in [-0.4, -0.2) is 0 Å². The Labute approximate surface area is 107 Å². The van der Waals surface area contributed by atoms with Crippen LogP contribution in [0.5, 0.6) is 0 Å². The molecule has 2 aromatic carbocycles. The molecule has 0 radical (unpaired) electrons. The Kier molecular flexibility index (Phi) is 2.24. The lowest BCUT2D eigenvalue weighted by Gasteiger charge is -2.36. The van der Waals surface area contributed by atoms with Crippen LogP contribution in [0.3, 0.4) is 0 Å². The highest BCUT2D eigenvalue weighted by Gasteiger charge is 2.30. The standard InChI is InChI=1S/C16H16FN/c1-10-4-7-14-13(8-10)12-6-5-11(17)9-15(12)18-16(14,2)3/h4-9,18H,1-3H3. The van der Waals surface area contributed by atoms with Gasteiger partial charge < -0.3 is 5.32 Å². The lowest BCUT2D eigenvalue weighted by Crippen LogP contribution is -2.31. The fraction of sp³-hybridized carbons (Fsp3) is 0.250. The molecule has 1 heterocycles. The van der Waals surface area contributed by atoms with Gasteiger partial charge in [-0.3, -0.25) is 0 Å². The summed E-state index contributed by atoms with van der Waals surface area (Å²) >= 11 is 0. The summed E-state index contributed by atoms with van der Waals surface area (Å²) < 4.78 is 13.4. The molecule has 0 bridgehead atoms. The Balaban J connectivity index is 2.32. The first-order chi connectivity index (χ1) is 8.47. The van der Waals surface area contributed by atoms with Crippen molar-refractivity contribution >= 4 is 5.69 Å². The highest BCUT2D eigenvalue weighted by atomic mass is 19.1. The number of benzene rings is 2. The molecule has 0 atom stereocenters. The second-order valence-electron chi connectivity index (χ2n) is 5.49. The van der Waals surface area contributed by atoms with Crippen LogP contribution in [0.15, 0.2) is 36.4 Å². The first-order valence-electron chi connectivity index (χ1n) is 6.17. The monoisotopic (exact) mass is 241 g/mol. The minimum atomic E-state index is -0.201. The van der Waals surface area contributed by atoms with Crippen LogP contribution in [0, 0.1) is 12.7 Å². The van der Waals surface area contributed by atoms with Gasteiger partial charge in [0.05, 0.1) is 5.54 Å². The molecular formula is C16H16FN. The summed E-state index contributed by atoms with van der Waals surface area (Å²) in [6.45, 7) is 6.32. The van der Waals surface area contributed by atoms with Crippen LogP contribution < -0.4 is 5.32 Å².